The molecule has 3 fully saturated rings. The van der Waals surface area contributed by atoms with Gasteiger partial charge in [0.2, 0.25) is 5.91 Å². The lowest BCUT2D eigenvalue weighted by Crippen LogP contribution is -2.60. The van der Waals surface area contributed by atoms with E-state index in [4.69, 9.17) is 4.74 Å². The molecule has 1 aromatic heterocycles. The zero-order chi connectivity index (χ0) is 19.6. The van der Waals surface area contributed by atoms with Gasteiger partial charge in [-0.15, -0.1) is 0 Å². The van der Waals surface area contributed by atoms with Crippen molar-refractivity contribution in [2.24, 2.45) is 5.92 Å². The molecule has 1 aromatic rings. The molecule has 2 aliphatic carbocycles. The molecular weight excluding hydrogens is 376 g/mol. The van der Waals surface area contributed by atoms with Gasteiger partial charge in [-0.3, -0.25) is 14.4 Å². The highest BCUT2D eigenvalue weighted by molar-refractivity contribution is 7.08. The van der Waals surface area contributed by atoms with Gasteiger partial charge < -0.3 is 15.4 Å². The summed E-state index contributed by atoms with van der Waals surface area (Å²) in [5, 5.41) is 9.59. The summed E-state index contributed by atoms with van der Waals surface area (Å²) in [5.41, 5.74) is -0.321. The molecule has 1 aliphatic heterocycles. The van der Waals surface area contributed by atoms with Gasteiger partial charge in [0.05, 0.1) is 11.7 Å². The number of hydrogen-bond acceptors (Lipinski definition) is 5. The van der Waals surface area contributed by atoms with Gasteiger partial charge in [0.25, 0.3) is 5.91 Å². The molecule has 2 N–H and O–H groups in total. The summed E-state index contributed by atoms with van der Waals surface area (Å²) in [6.07, 6.45) is 8.45. The number of rotatable bonds is 6. The molecule has 2 heterocycles. The standard InChI is InChI=1S/C21H28N2O4S/c24-17-12-27-18-7-4-9-21(17,18)23-20(26)16(11-14-5-2-1-3-6-14)22-19(25)15-8-10-28-13-15/h8,10,13-14,16,18H,1-7,9,11-12H2,(H,22,25)(H,23,26). The second-order valence-electron chi connectivity index (χ2n) is 8.35. The normalized spacial score (nSPS) is 28.7. The van der Waals surface area contributed by atoms with Crippen molar-refractivity contribution in [3.05, 3.63) is 22.4 Å². The average molecular weight is 405 g/mol. The fourth-order valence-corrected chi connectivity index (χ4v) is 5.60. The molecule has 28 heavy (non-hydrogen) atoms. The first kappa shape index (κ1) is 19.6. The van der Waals surface area contributed by atoms with E-state index in [-0.39, 0.29) is 30.3 Å². The monoisotopic (exact) mass is 404 g/mol. The SMILES string of the molecule is O=C(NC(CC1CCCCC1)C(=O)NC12CCCC1OCC2=O)c1ccsc1. The second kappa shape index (κ2) is 8.33. The first-order valence-corrected chi connectivity index (χ1v) is 11.3. The Morgan fingerprint density at radius 3 is 2.79 bits per heavy atom. The molecule has 0 aromatic carbocycles. The van der Waals surface area contributed by atoms with E-state index in [1.54, 1.807) is 11.4 Å². The van der Waals surface area contributed by atoms with Crippen LogP contribution in [0.5, 0.6) is 0 Å². The number of carbonyl (C=O) groups excluding carboxylic acids is 3. The Hall–Kier alpha value is -1.73. The van der Waals surface area contributed by atoms with Gasteiger partial charge in [-0.1, -0.05) is 32.1 Å². The van der Waals surface area contributed by atoms with Crippen LogP contribution in [-0.4, -0.2) is 41.9 Å². The summed E-state index contributed by atoms with van der Waals surface area (Å²) in [4.78, 5) is 38.4. The van der Waals surface area contributed by atoms with E-state index < -0.39 is 11.6 Å². The number of thiophene rings is 1. The minimum atomic E-state index is -0.894. The summed E-state index contributed by atoms with van der Waals surface area (Å²) < 4.78 is 5.61. The molecule has 1 saturated heterocycles. The fraction of sp³-hybridized carbons (Fsp3) is 0.667. The summed E-state index contributed by atoms with van der Waals surface area (Å²) in [7, 11) is 0. The van der Waals surface area contributed by atoms with Crippen LogP contribution in [0.2, 0.25) is 0 Å². The van der Waals surface area contributed by atoms with Crippen LogP contribution in [0, 0.1) is 5.92 Å². The van der Waals surface area contributed by atoms with E-state index in [9.17, 15) is 14.4 Å². The molecule has 152 valence electrons. The predicted octanol–water partition coefficient (Wildman–Crippen LogP) is 2.82. The van der Waals surface area contributed by atoms with Crippen molar-refractivity contribution in [3.8, 4) is 0 Å². The van der Waals surface area contributed by atoms with Crippen LogP contribution >= 0.6 is 11.3 Å². The molecule has 4 rings (SSSR count). The van der Waals surface area contributed by atoms with Gasteiger partial charge in [-0.25, -0.2) is 0 Å². The van der Waals surface area contributed by atoms with E-state index in [0.29, 0.717) is 24.3 Å². The molecule has 0 radical (unpaired) electrons. The molecule has 0 spiro atoms. The molecule has 7 heteroatoms. The van der Waals surface area contributed by atoms with Crippen LogP contribution in [-0.2, 0) is 14.3 Å². The highest BCUT2D eigenvalue weighted by Crippen LogP contribution is 2.38. The Morgan fingerprint density at radius 1 is 1.21 bits per heavy atom. The zero-order valence-electron chi connectivity index (χ0n) is 16.1. The number of Topliss-reactive ketones (excluding diaryl/α,β-unsaturated/α-hetero) is 1. The fourth-order valence-electron chi connectivity index (χ4n) is 4.97. The van der Waals surface area contributed by atoms with Crippen LogP contribution in [0.25, 0.3) is 0 Å². The Kier molecular flexibility index (Phi) is 5.83. The van der Waals surface area contributed by atoms with Crippen LogP contribution in [0.1, 0.15) is 68.1 Å². The average Bonchev–Trinajstić information content (AvgIpc) is 3.41. The first-order chi connectivity index (χ1) is 13.6. The van der Waals surface area contributed by atoms with Crippen molar-refractivity contribution < 1.29 is 19.1 Å². The smallest absolute Gasteiger partial charge is 0.252 e. The minimum absolute atomic E-state index is 0.0380. The molecule has 6 nitrogen and oxygen atoms in total. The second-order valence-corrected chi connectivity index (χ2v) is 9.13. The van der Waals surface area contributed by atoms with Crippen molar-refractivity contribution in [1.29, 1.82) is 0 Å². The van der Waals surface area contributed by atoms with Gasteiger partial charge in [-0.2, -0.15) is 11.3 Å². The topological polar surface area (TPSA) is 84.5 Å². The van der Waals surface area contributed by atoms with Crippen molar-refractivity contribution in [3.63, 3.8) is 0 Å². The van der Waals surface area contributed by atoms with Crippen molar-refractivity contribution >= 4 is 28.9 Å². The van der Waals surface area contributed by atoms with Crippen LogP contribution in [0.15, 0.2) is 16.8 Å². The van der Waals surface area contributed by atoms with E-state index >= 15 is 0 Å². The number of carbonyl (C=O) groups is 3. The quantitative estimate of drug-likeness (QED) is 0.764. The number of amides is 2. The lowest BCUT2D eigenvalue weighted by atomic mass is 9.84. The Bertz CT molecular complexity index is 729. The van der Waals surface area contributed by atoms with Crippen molar-refractivity contribution in [2.75, 3.05) is 6.61 Å². The number of ether oxygens (including phenoxy) is 1. The molecular formula is C21H28N2O4S. The van der Waals surface area contributed by atoms with Gasteiger partial charge in [0.1, 0.15) is 18.2 Å². The summed E-state index contributed by atoms with van der Waals surface area (Å²) in [6, 6.07) is 1.13. The third kappa shape index (κ3) is 3.87. The van der Waals surface area contributed by atoms with E-state index in [1.807, 2.05) is 5.38 Å². The highest BCUT2D eigenvalue weighted by Gasteiger charge is 2.55. The van der Waals surface area contributed by atoms with Crippen LogP contribution < -0.4 is 10.6 Å². The van der Waals surface area contributed by atoms with Gasteiger partial charge in [-0.05, 0) is 43.0 Å². The third-order valence-corrected chi connectivity index (χ3v) is 7.23. The van der Waals surface area contributed by atoms with Crippen molar-refractivity contribution in [2.45, 2.75) is 75.5 Å². The van der Waals surface area contributed by atoms with E-state index in [1.165, 1.54) is 30.6 Å². The van der Waals surface area contributed by atoms with Crippen LogP contribution in [0.3, 0.4) is 0 Å². The molecule has 3 atom stereocenters. The Morgan fingerprint density at radius 2 is 2.04 bits per heavy atom. The Labute approximate surface area is 169 Å². The molecule has 3 unspecified atom stereocenters. The minimum Gasteiger partial charge on any atom is -0.367 e. The summed E-state index contributed by atoms with van der Waals surface area (Å²) >= 11 is 1.45. The summed E-state index contributed by atoms with van der Waals surface area (Å²) in [6.45, 7) is 0.0689. The van der Waals surface area contributed by atoms with Gasteiger partial charge in [0.15, 0.2) is 5.78 Å². The number of nitrogens with one attached hydrogen (secondary N) is 2. The highest BCUT2D eigenvalue weighted by atomic mass is 32.1. The molecule has 2 saturated carbocycles. The number of ketones is 1. The van der Waals surface area contributed by atoms with E-state index in [0.717, 1.165) is 25.7 Å². The first-order valence-electron chi connectivity index (χ1n) is 10.4. The molecule has 3 aliphatic rings. The number of hydrogen-bond donors (Lipinski definition) is 2. The lowest BCUT2D eigenvalue weighted by Gasteiger charge is -2.32. The van der Waals surface area contributed by atoms with Gasteiger partial charge >= 0.3 is 0 Å². The van der Waals surface area contributed by atoms with Crippen LogP contribution in [0.4, 0.5) is 0 Å². The van der Waals surface area contributed by atoms with E-state index in [2.05, 4.69) is 10.6 Å². The summed E-state index contributed by atoms with van der Waals surface area (Å²) in [5.74, 6) is -0.0878. The van der Waals surface area contributed by atoms with Gasteiger partial charge in [0, 0.05) is 5.38 Å². The lowest BCUT2D eigenvalue weighted by molar-refractivity contribution is -0.131. The predicted molar refractivity (Wildman–Crippen MR) is 106 cm³/mol. The number of fused-ring (bicyclic) bond motifs is 1. The molecule has 0 bridgehead atoms. The zero-order valence-corrected chi connectivity index (χ0v) is 16.9. The van der Waals surface area contributed by atoms with Crippen molar-refractivity contribution in [1.82, 2.24) is 10.6 Å². The third-order valence-electron chi connectivity index (χ3n) is 6.55. The Balaban J connectivity index is 1.49. The molecule has 2 amide bonds. The maximum absolute atomic E-state index is 13.2. The maximum atomic E-state index is 13.2. The maximum Gasteiger partial charge on any atom is 0.252 e. The largest absolute Gasteiger partial charge is 0.367 e.